The third-order valence-corrected chi connectivity index (χ3v) is 5.44. The van der Waals surface area contributed by atoms with Gasteiger partial charge in [-0.25, -0.2) is 0 Å². The number of nitrogens with zero attached hydrogens (tertiary/aromatic N) is 2. The molecule has 0 aromatic rings. The molecule has 0 spiro atoms. The standard InChI is InChI=1S/C15H24N2O3/c1-10-4-2-3-7-16(10)14(18)9-17-11-5-6-13(17)12(8-11)15(19)20/h10-13H,2-9H2,1H3,(H,19,20). The maximum atomic E-state index is 12.5. The minimum Gasteiger partial charge on any atom is -0.481 e. The van der Waals surface area contributed by atoms with Crippen LogP contribution in [0.5, 0.6) is 0 Å². The van der Waals surface area contributed by atoms with Crippen LogP contribution in [-0.4, -0.2) is 58.0 Å². The van der Waals surface area contributed by atoms with Crippen LogP contribution in [0.25, 0.3) is 0 Å². The van der Waals surface area contributed by atoms with Crippen molar-refractivity contribution in [2.45, 2.75) is 63.6 Å². The first-order valence-corrected chi connectivity index (χ1v) is 7.86. The van der Waals surface area contributed by atoms with Crippen LogP contribution in [0.15, 0.2) is 0 Å². The summed E-state index contributed by atoms with van der Waals surface area (Å²) in [4.78, 5) is 27.9. The van der Waals surface area contributed by atoms with Crippen molar-refractivity contribution in [3.63, 3.8) is 0 Å². The van der Waals surface area contributed by atoms with Crippen molar-refractivity contribution in [1.29, 1.82) is 0 Å². The normalized spacial score (nSPS) is 37.4. The number of carbonyl (C=O) groups is 2. The van der Waals surface area contributed by atoms with Gasteiger partial charge >= 0.3 is 5.97 Å². The van der Waals surface area contributed by atoms with E-state index in [1.165, 1.54) is 6.42 Å². The van der Waals surface area contributed by atoms with Gasteiger partial charge in [-0.3, -0.25) is 14.5 Å². The van der Waals surface area contributed by atoms with E-state index in [4.69, 9.17) is 0 Å². The fourth-order valence-electron chi connectivity index (χ4n) is 4.33. The van der Waals surface area contributed by atoms with Crippen LogP contribution in [0.3, 0.4) is 0 Å². The van der Waals surface area contributed by atoms with E-state index in [1.807, 2.05) is 4.90 Å². The molecule has 0 saturated carbocycles. The molecular weight excluding hydrogens is 256 g/mol. The van der Waals surface area contributed by atoms with Crippen LogP contribution in [0.4, 0.5) is 0 Å². The first-order chi connectivity index (χ1) is 9.58. The zero-order valence-corrected chi connectivity index (χ0v) is 12.1. The molecule has 3 aliphatic rings. The number of rotatable bonds is 3. The van der Waals surface area contributed by atoms with Gasteiger partial charge in [0.25, 0.3) is 0 Å². The summed E-state index contributed by atoms with van der Waals surface area (Å²) in [6.07, 6.45) is 6.11. The topological polar surface area (TPSA) is 60.9 Å². The largest absolute Gasteiger partial charge is 0.481 e. The smallest absolute Gasteiger partial charge is 0.308 e. The van der Waals surface area contributed by atoms with Crippen LogP contribution in [0.2, 0.25) is 0 Å². The molecule has 5 nitrogen and oxygen atoms in total. The Labute approximate surface area is 119 Å². The summed E-state index contributed by atoms with van der Waals surface area (Å²) in [6, 6.07) is 0.735. The molecule has 2 bridgehead atoms. The molecule has 0 aliphatic carbocycles. The minimum atomic E-state index is -0.694. The SMILES string of the molecule is CC1CCCCN1C(=O)CN1C2CCC1C(C(=O)O)C2. The minimum absolute atomic E-state index is 0.0848. The quantitative estimate of drug-likeness (QED) is 0.847. The summed E-state index contributed by atoms with van der Waals surface area (Å²) >= 11 is 0. The molecule has 4 atom stereocenters. The molecule has 0 aromatic carbocycles. The number of amides is 1. The van der Waals surface area contributed by atoms with Gasteiger partial charge in [-0.2, -0.15) is 0 Å². The van der Waals surface area contributed by atoms with Crippen LogP contribution < -0.4 is 0 Å². The van der Waals surface area contributed by atoms with Crippen molar-refractivity contribution in [3.8, 4) is 0 Å². The maximum absolute atomic E-state index is 12.5. The second-order valence-corrected chi connectivity index (χ2v) is 6.58. The molecule has 3 saturated heterocycles. The van der Waals surface area contributed by atoms with Gasteiger partial charge in [0, 0.05) is 24.7 Å². The highest BCUT2D eigenvalue weighted by molar-refractivity contribution is 5.79. The van der Waals surface area contributed by atoms with E-state index in [2.05, 4.69) is 11.8 Å². The van der Waals surface area contributed by atoms with Gasteiger partial charge in [-0.15, -0.1) is 0 Å². The predicted octanol–water partition coefficient (Wildman–Crippen LogP) is 1.32. The van der Waals surface area contributed by atoms with Crippen LogP contribution in [0, 0.1) is 5.92 Å². The number of carboxylic acid groups (broad SMARTS) is 1. The zero-order valence-electron chi connectivity index (χ0n) is 12.1. The molecule has 1 N–H and O–H groups in total. The van der Waals surface area contributed by atoms with Crippen LogP contribution in [-0.2, 0) is 9.59 Å². The first kappa shape index (κ1) is 13.9. The third-order valence-electron chi connectivity index (χ3n) is 5.44. The van der Waals surface area contributed by atoms with Gasteiger partial charge in [-0.05, 0) is 45.4 Å². The zero-order chi connectivity index (χ0) is 14.3. The van der Waals surface area contributed by atoms with E-state index in [0.717, 1.165) is 38.6 Å². The van der Waals surface area contributed by atoms with Crippen molar-refractivity contribution < 1.29 is 14.7 Å². The highest BCUT2D eigenvalue weighted by atomic mass is 16.4. The van der Waals surface area contributed by atoms with E-state index < -0.39 is 5.97 Å². The molecule has 3 rings (SSSR count). The van der Waals surface area contributed by atoms with Gasteiger partial charge in [0.15, 0.2) is 0 Å². The Morgan fingerprint density at radius 2 is 2.00 bits per heavy atom. The molecule has 3 fully saturated rings. The number of aliphatic carboxylic acids is 1. The Morgan fingerprint density at radius 3 is 2.65 bits per heavy atom. The van der Waals surface area contributed by atoms with Crippen LogP contribution in [0.1, 0.15) is 45.4 Å². The van der Waals surface area contributed by atoms with Crippen molar-refractivity contribution >= 4 is 11.9 Å². The summed E-state index contributed by atoms with van der Waals surface area (Å²) in [7, 11) is 0. The average molecular weight is 280 g/mol. The van der Waals surface area contributed by atoms with Gasteiger partial charge in [-0.1, -0.05) is 0 Å². The number of hydrogen-bond donors (Lipinski definition) is 1. The lowest BCUT2D eigenvalue weighted by atomic mass is 9.89. The lowest BCUT2D eigenvalue weighted by Crippen LogP contribution is -2.48. The van der Waals surface area contributed by atoms with Crippen LogP contribution >= 0.6 is 0 Å². The summed E-state index contributed by atoms with van der Waals surface area (Å²) in [5.41, 5.74) is 0. The Morgan fingerprint density at radius 1 is 1.20 bits per heavy atom. The predicted molar refractivity (Wildman–Crippen MR) is 74.3 cm³/mol. The van der Waals surface area contributed by atoms with Crippen molar-refractivity contribution in [3.05, 3.63) is 0 Å². The third kappa shape index (κ3) is 2.32. The van der Waals surface area contributed by atoms with Gasteiger partial charge in [0.05, 0.1) is 12.5 Å². The molecule has 112 valence electrons. The highest BCUT2D eigenvalue weighted by Crippen LogP contribution is 2.41. The highest BCUT2D eigenvalue weighted by Gasteiger charge is 2.49. The Bertz CT molecular complexity index is 412. The van der Waals surface area contributed by atoms with E-state index in [9.17, 15) is 14.7 Å². The molecule has 20 heavy (non-hydrogen) atoms. The van der Waals surface area contributed by atoms with Crippen molar-refractivity contribution in [1.82, 2.24) is 9.80 Å². The van der Waals surface area contributed by atoms with E-state index in [1.54, 1.807) is 0 Å². The number of fused-ring (bicyclic) bond motifs is 2. The summed E-state index contributed by atoms with van der Waals surface area (Å²) < 4.78 is 0. The number of piperidine rings is 1. The van der Waals surface area contributed by atoms with E-state index >= 15 is 0 Å². The summed E-state index contributed by atoms with van der Waals surface area (Å²) in [5, 5.41) is 9.26. The Hall–Kier alpha value is -1.10. The number of hydrogen-bond acceptors (Lipinski definition) is 3. The maximum Gasteiger partial charge on any atom is 0.308 e. The fraction of sp³-hybridized carbons (Fsp3) is 0.867. The Kier molecular flexibility index (Phi) is 3.71. The molecule has 0 aromatic heterocycles. The fourth-order valence-corrected chi connectivity index (χ4v) is 4.33. The van der Waals surface area contributed by atoms with E-state index in [-0.39, 0.29) is 17.9 Å². The molecule has 1 amide bonds. The molecule has 0 radical (unpaired) electrons. The molecule has 3 aliphatic heterocycles. The monoisotopic (exact) mass is 280 g/mol. The van der Waals surface area contributed by atoms with E-state index in [0.29, 0.717) is 18.6 Å². The number of likely N-dealkylation sites (tertiary alicyclic amines) is 1. The number of carboxylic acids is 1. The first-order valence-electron chi connectivity index (χ1n) is 7.86. The second kappa shape index (κ2) is 5.35. The molecule has 5 heteroatoms. The van der Waals surface area contributed by atoms with Crippen molar-refractivity contribution in [2.24, 2.45) is 5.92 Å². The summed E-state index contributed by atoms with van der Waals surface area (Å²) in [6.45, 7) is 3.41. The molecule has 4 unspecified atom stereocenters. The second-order valence-electron chi connectivity index (χ2n) is 6.58. The molecule has 3 heterocycles. The van der Waals surface area contributed by atoms with Gasteiger partial charge in [0.1, 0.15) is 0 Å². The lowest BCUT2D eigenvalue weighted by Gasteiger charge is -2.35. The average Bonchev–Trinajstić information content (AvgIpc) is 2.96. The number of carbonyl (C=O) groups excluding carboxylic acids is 1. The Balaban J connectivity index is 1.63. The lowest BCUT2D eigenvalue weighted by molar-refractivity contribution is -0.143. The van der Waals surface area contributed by atoms with Gasteiger partial charge < -0.3 is 10.0 Å². The summed E-state index contributed by atoms with van der Waals surface area (Å²) in [5.74, 6) is -0.763. The van der Waals surface area contributed by atoms with Gasteiger partial charge in [0.2, 0.25) is 5.91 Å². The molecular formula is C15H24N2O3. The van der Waals surface area contributed by atoms with Crippen molar-refractivity contribution in [2.75, 3.05) is 13.1 Å².